The first-order valence-electron chi connectivity index (χ1n) is 9.70. The smallest absolute Gasteiger partial charge is 0.261 e. The van der Waals surface area contributed by atoms with Crippen molar-refractivity contribution < 1.29 is 17.9 Å². The maximum atomic E-state index is 13.0. The number of benzene rings is 2. The Morgan fingerprint density at radius 3 is 2.52 bits per heavy atom. The zero-order valence-corrected chi connectivity index (χ0v) is 18.2. The van der Waals surface area contributed by atoms with E-state index in [1.807, 2.05) is 36.4 Å². The SMILES string of the molecule is CC(C)c1ccc(OCC(=O)N(Cc2cccc(Cl)c2)[C@H]2CCS(=O)(=O)C2)cc1. The molecular weight excluding hydrogens is 410 g/mol. The predicted molar refractivity (Wildman–Crippen MR) is 115 cm³/mol. The van der Waals surface area contributed by atoms with Gasteiger partial charge in [0.1, 0.15) is 5.75 Å². The lowest BCUT2D eigenvalue weighted by atomic mass is 10.0. The van der Waals surface area contributed by atoms with Gasteiger partial charge in [0.15, 0.2) is 16.4 Å². The Morgan fingerprint density at radius 1 is 1.21 bits per heavy atom. The largest absolute Gasteiger partial charge is 0.484 e. The molecule has 0 N–H and O–H groups in total. The quantitative estimate of drug-likeness (QED) is 0.657. The first-order chi connectivity index (χ1) is 13.7. The second kappa shape index (κ2) is 9.18. The van der Waals surface area contributed by atoms with Crippen molar-refractivity contribution in [3.63, 3.8) is 0 Å². The van der Waals surface area contributed by atoms with E-state index in [9.17, 15) is 13.2 Å². The van der Waals surface area contributed by atoms with Crippen molar-refractivity contribution in [2.45, 2.75) is 38.8 Å². The zero-order valence-electron chi connectivity index (χ0n) is 16.7. The monoisotopic (exact) mass is 435 g/mol. The molecule has 0 aromatic heterocycles. The number of halogens is 1. The Kier molecular flexibility index (Phi) is 6.85. The minimum Gasteiger partial charge on any atom is -0.484 e. The maximum absolute atomic E-state index is 13.0. The molecule has 0 saturated carbocycles. The zero-order chi connectivity index (χ0) is 21.0. The van der Waals surface area contributed by atoms with E-state index in [2.05, 4.69) is 13.8 Å². The highest BCUT2D eigenvalue weighted by Crippen LogP contribution is 2.23. The van der Waals surface area contributed by atoms with Gasteiger partial charge in [-0.2, -0.15) is 0 Å². The molecule has 1 aliphatic rings. The van der Waals surface area contributed by atoms with Crippen molar-refractivity contribution >= 4 is 27.3 Å². The summed E-state index contributed by atoms with van der Waals surface area (Å²) < 4.78 is 29.6. The van der Waals surface area contributed by atoms with E-state index in [0.29, 0.717) is 29.7 Å². The Hall–Kier alpha value is -2.05. The van der Waals surface area contributed by atoms with Gasteiger partial charge in [0.05, 0.1) is 11.5 Å². The van der Waals surface area contributed by atoms with Crippen LogP contribution in [0.5, 0.6) is 5.75 Å². The number of carbonyl (C=O) groups excluding carboxylic acids is 1. The van der Waals surface area contributed by atoms with Gasteiger partial charge in [0.25, 0.3) is 5.91 Å². The van der Waals surface area contributed by atoms with Crippen LogP contribution in [0.4, 0.5) is 0 Å². The van der Waals surface area contributed by atoms with Crippen LogP contribution in [0.1, 0.15) is 37.3 Å². The molecule has 0 unspecified atom stereocenters. The van der Waals surface area contributed by atoms with Crippen LogP contribution in [0, 0.1) is 0 Å². The summed E-state index contributed by atoms with van der Waals surface area (Å²) in [4.78, 5) is 14.6. The number of sulfone groups is 1. The molecule has 0 bridgehead atoms. The number of ether oxygens (including phenoxy) is 1. The molecule has 1 aliphatic heterocycles. The van der Waals surface area contributed by atoms with Crippen molar-refractivity contribution in [1.82, 2.24) is 4.90 Å². The van der Waals surface area contributed by atoms with Gasteiger partial charge in [0, 0.05) is 17.6 Å². The molecule has 2 aromatic rings. The van der Waals surface area contributed by atoms with Gasteiger partial charge in [0.2, 0.25) is 0 Å². The minimum atomic E-state index is -3.12. The lowest BCUT2D eigenvalue weighted by molar-refractivity contribution is -0.136. The van der Waals surface area contributed by atoms with E-state index >= 15 is 0 Å². The molecule has 2 aromatic carbocycles. The van der Waals surface area contributed by atoms with E-state index in [4.69, 9.17) is 16.3 Å². The fourth-order valence-corrected chi connectivity index (χ4v) is 5.39. The second-order valence-corrected chi connectivity index (χ2v) is 10.4. The summed E-state index contributed by atoms with van der Waals surface area (Å²) >= 11 is 6.06. The standard InChI is InChI=1S/C22H26ClNO4S/c1-16(2)18-6-8-21(9-7-18)28-14-22(25)24(20-10-11-29(26,27)15-20)13-17-4-3-5-19(23)12-17/h3-9,12,16,20H,10-11,13-15H2,1-2H3/t20-/m0/s1. The van der Waals surface area contributed by atoms with Crippen molar-refractivity contribution in [2.75, 3.05) is 18.1 Å². The Morgan fingerprint density at radius 2 is 1.93 bits per heavy atom. The Labute approximate surface area is 177 Å². The molecular formula is C22H26ClNO4S. The lowest BCUT2D eigenvalue weighted by Crippen LogP contribution is -2.43. The summed E-state index contributed by atoms with van der Waals surface area (Å²) in [5.41, 5.74) is 2.05. The van der Waals surface area contributed by atoms with E-state index in [0.717, 1.165) is 5.56 Å². The molecule has 29 heavy (non-hydrogen) atoms. The van der Waals surface area contributed by atoms with Gasteiger partial charge < -0.3 is 9.64 Å². The van der Waals surface area contributed by atoms with E-state index in [1.165, 1.54) is 5.56 Å². The summed E-state index contributed by atoms with van der Waals surface area (Å²) in [7, 11) is -3.12. The van der Waals surface area contributed by atoms with Crippen LogP contribution in [0.3, 0.4) is 0 Å². The van der Waals surface area contributed by atoms with E-state index in [1.54, 1.807) is 17.0 Å². The van der Waals surface area contributed by atoms with E-state index < -0.39 is 9.84 Å². The first kappa shape index (κ1) is 21.7. The summed E-state index contributed by atoms with van der Waals surface area (Å²) in [6.07, 6.45) is 0.442. The normalized spacial score (nSPS) is 18.0. The molecule has 0 radical (unpaired) electrons. The second-order valence-electron chi connectivity index (χ2n) is 7.72. The number of nitrogens with zero attached hydrogens (tertiary/aromatic N) is 1. The van der Waals surface area contributed by atoms with Gasteiger partial charge in [-0.15, -0.1) is 0 Å². The average molecular weight is 436 g/mol. The molecule has 0 spiro atoms. The number of rotatable bonds is 7. The van der Waals surface area contributed by atoms with Crippen LogP contribution < -0.4 is 4.74 Å². The van der Waals surface area contributed by atoms with Gasteiger partial charge in [-0.25, -0.2) is 8.42 Å². The Balaban J connectivity index is 1.71. The average Bonchev–Trinajstić information content (AvgIpc) is 3.04. The van der Waals surface area contributed by atoms with Gasteiger partial charge in [-0.3, -0.25) is 4.79 Å². The van der Waals surface area contributed by atoms with Gasteiger partial charge >= 0.3 is 0 Å². The molecule has 1 heterocycles. The molecule has 156 valence electrons. The van der Waals surface area contributed by atoms with Crippen LogP contribution in [-0.2, 0) is 21.2 Å². The molecule has 7 heteroatoms. The summed E-state index contributed by atoms with van der Waals surface area (Å²) in [5.74, 6) is 0.893. The fourth-order valence-electron chi connectivity index (χ4n) is 3.45. The predicted octanol–water partition coefficient (Wildman–Crippen LogP) is 4.06. The molecule has 5 nitrogen and oxygen atoms in total. The van der Waals surface area contributed by atoms with Gasteiger partial charge in [-0.1, -0.05) is 49.7 Å². The van der Waals surface area contributed by atoms with Crippen LogP contribution in [0.25, 0.3) is 0 Å². The number of hydrogen-bond acceptors (Lipinski definition) is 4. The molecule has 1 fully saturated rings. The molecule has 1 saturated heterocycles. The first-order valence-corrected chi connectivity index (χ1v) is 11.9. The maximum Gasteiger partial charge on any atom is 0.261 e. The highest BCUT2D eigenvalue weighted by atomic mass is 35.5. The third-order valence-electron chi connectivity index (χ3n) is 5.12. The van der Waals surface area contributed by atoms with Gasteiger partial charge in [-0.05, 0) is 47.7 Å². The number of carbonyl (C=O) groups is 1. The molecule has 0 aliphatic carbocycles. The lowest BCUT2D eigenvalue weighted by Gasteiger charge is -2.28. The van der Waals surface area contributed by atoms with Crippen LogP contribution in [0.15, 0.2) is 48.5 Å². The number of amides is 1. The third kappa shape index (κ3) is 5.97. The van der Waals surface area contributed by atoms with Crippen molar-refractivity contribution in [3.8, 4) is 5.75 Å². The highest BCUT2D eigenvalue weighted by Gasteiger charge is 2.34. The van der Waals surface area contributed by atoms with Crippen molar-refractivity contribution in [3.05, 3.63) is 64.7 Å². The van der Waals surface area contributed by atoms with Crippen molar-refractivity contribution in [1.29, 1.82) is 0 Å². The van der Waals surface area contributed by atoms with E-state index in [-0.39, 0.29) is 30.1 Å². The van der Waals surface area contributed by atoms with Crippen LogP contribution >= 0.6 is 11.6 Å². The minimum absolute atomic E-state index is 0.0115. The fraction of sp³-hybridized carbons (Fsp3) is 0.409. The Bertz CT molecular complexity index is 957. The summed E-state index contributed by atoms with van der Waals surface area (Å²) in [6.45, 7) is 4.39. The van der Waals surface area contributed by atoms with Crippen LogP contribution in [0.2, 0.25) is 5.02 Å². The molecule has 3 rings (SSSR count). The highest BCUT2D eigenvalue weighted by molar-refractivity contribution is 7.91. The number of hydrogen-bond donors (Lipinski definition) is 0. The molecule has 1 atom stereocenters. The molecule has 1 amide bonds. The topological polar surface area (TPSA) is 63.7 Å². The third-order valence-corrected chi connectivity index (χ3v) is 7.11. The summed E-state index contributed by atoms with van der Waals surface area (Å²) in [5, 5.41) is 0.579. The summed E-state index contributed by atoms with van der Waals surface area (Å²) in [6, 6.07) is 14.6. The van der Waals surface area contributed by atoms with Crippen molar-refractivity contribution in [2.24, 2.45) is 0 Å². The van der Waals surface area contributed by atoms with Crippen LogP contribution in [-0.4, -0.2) is 43.4 Å².